The second kappa shape index (κ2) is 7.21. The Hall–Kier alpha value is -3.39. The number of aromatic nitrogens is 4. The molecule has 1 amide bonds. The highest BCUT2D eigenvalue weighted by atomic mass is 32.1. The maximum absolute atomic E-state index is 13.3. The summed E-state index contributed by atoms with van der Waals surface area (Å²) in [5.41, 5.74) is 4.03. The quantitative estimate of drug-likeness (QED) is 0.550. The number of rotatable bonds is 4. The first-order valence-electron chi connectivity index (χ1n) is 9.26. The van der Waals surface area contributed by atoms with E-state index >= 15 is 0 Å². The lowest BCUT2D eigenvalue weighted by Gasteiger charge is -2.05. The second-order valence-electron chi connectivity index (χ2n) is 6.75. The number of carbonyl (C=O) groups is 1. The van der Waals surface area contributed by atoms with Crippen LogP contribution < -0.4 is 5.32 Å². The summed E-state index contributed by atoms with van der Waals surface area (Å²) in [4.78, 5) is 12.9. The van der Waals surface area contributed by atoms with Crippen LogP contribution in [-0.2, 0) is 12.8 Å². The van der Waals surface area contributed by atoms with E-state index < -0.39 is 0 Å². The summed E-state index contributed by atoms with van der Waals surface area (Å²) >= 11 is 1.32. The normalized spacial score (nSPS) is 12.7. The molecule has 0 radical (unpaired) electrons. The lowest BCUT2D eigenvalue weighted by Crippen LogP contribution is -2.14. The molecule has 2 aromatic heterocycles. The van der Waals surface area contributed by atoms with Crippen molar-refractivity contribution in [2.75, 3.05) is 5.32 Å². The van der Waals surface area contributed by atoms with Crippen LogP contribution >= 0.6 is 11.3 Å². The van der Waals surface area contributed by atoms with Crippen molar-refractivity contribution < 1.29 is 9.18 Å². The van der Waals surface area contributed by atoms with Gasteiger partial charge in [-0.1, -0.05) is 41.7 Å². The molecule has 0 spiro atoms. The van der Waals surface area contributed by atoms with Crippen molar-refractivity contribution >= 4 is 22.4 Å². The van der Waals surface area contributed by atoms with E-state index in [1.165, 1.54) is 23.5 Å². The van der Waals surface area contributed by atoms with Crippen molar-refractivity contribution in [2.45, 2.75) is 19.3 Å². The Morgan fingerprint density at radius 2 is 1.83 bits per heavy atom. The summed E-state index contributed by atoms with van der Waals surface area (Å²) in [6.45, 7) is 0. The highest BCUT2D eigenvalue weighted by Crippen LogP contribution is 2.30. The number of amides is 1. The Kier molecular flexibility index (Phi) is 4.40. The first kappa shape index (κ1) is 17.7. The number of benzene rings is 2. The Morgan fingerprint density at radius 3 is 2.62 bits per heavy atom. The van der Waals surface area contributed by atoms with Gasteiger partial charge in [0.25, 0.3) is 5.91 Å². The number of nitrogens with one attached hydrogen (secondary N) is 1. The second-order valence-corrected chi connectivity index (χ2v) is 7.73. The molecule has 0 atom stereocenters. The van der Waals surface area contributed by atoms with Crippen LogP contribution in [-0.4, -0.2) is 25.9 Å². The van der Waals surface area contributed by atoms with Gasteiger partial charge in [0.15, 0.2) is 5.69 Å². The third kappa shape index (κ3) is 3.31. The summed E-state index contributed by atoms with van der Waals surface area (Å²) in [7, 11) is 0. The van der Waals surface area contributed by atoms with Gasteiger partial charge in [0.1, 0.15) is 10.8 Å². The molecule has 0 fully saturated rings. The topological polar surface area (TPSA) is 72.7 Å². The predicted molar refractivity (Wildman–Crippen MR) is 109 cm³/mol. The highest BCUT2D eigenvalue weighted by Gasteiger charge is 2.27. The molecular formula is C21H16FN5OS. The average molecular weight is 405 g/mol. The lowest BCUT2D eigenvalue weighted by atomic mass is 10.2. The van der Waals surface area contributed by atoms with Crippen LogP contribution in [0.15, 0.2) is 54.6 Å². The molecule has 0 bridgehead atoms. The van der Waals surface area contributed by atoms with E-state index in [-0.39, 0.29) is 11.7 Å². The molecule has 0 aliphatic heterocycles. The van der Waals surface area contributed by atoms with E-state index in [0.717, 1.165) is 46.8 Å². The Labute approximate surface area is 170 Å². The molecule has 4 aromatic rings. The fourth-order valence-electron chi connectivity index (χ4n) is 3.54. The fourth-order valence-corrected chi connectivity index (χ4v) is 4.29. The maximum Gasteiger partial charge on any atom is 0.278 e. The predicted octanol–water partition coefficient (Wildman–Crippen LogP) is 4.27. The minimum absolute atomic E-state index is 0.305. The molecule has 1 aliphatic carbocycles. The van der Waals surface area contributed by atoms with Gasteiger partial charge >= 0.3 is 0 Å². The average Bonchev–Trinajstić information content (AvgIpc) is 3.46. The molecule has 2 heterocycles. The van der Waals surface area contributed by atoms with Gasteiger partial charge in [0, 0.05) is 16.8 Å². The molecule has 1 aliphatic rings. The molecule has 29 heavy (non-hydrogen) atoms. The number of anilines is 1. The minimum Gasteiger partial charge on any atom is -0.295 e. The van der Waals surface area contributed by atoms with Crippen molar-refractivity contribution in [2.24, 2.45) is 0 Å². The molecule has 2 aromatic carbocycles. The third-order valence-electron chi connectivity index (χ3n) is 4.88. The summed E-state index contributed by atoms with van der Waals surface area (Å²) in [6.07, 6.45) is 2.60. The highest BCUT2D eigenvalue weighted by molar-refractivity contribution is 7.18. The van der Waals surface area contributed by atoms with Gasteiger partial charge in [-0.25, -0.2) is 9.07 Å². The Morgan fingerprint density at radius 1 is 1.03 bits per heavy atom. The van der Waals surface area contributed by atoms with Crippen molar-refractivity contribution in [3.63, 3.8) is 0 Å². The van der Waals surface area contributed by atoms with Crippen molar-refractivity contribution in [3.05, 3.63) is 77.4 Å². The molecule has 5 rings (SSSR count). The number of hydrogen-bond acceptors (Lipinski definition) is 5. The van der Waals surface area contributed by atoms with Gasteiger partial charge in [-0.15, -0.1) is 10.2 Å². The number of nitrogens with zero attached hydrogens (tertiary/aromatic N) is 4. The Balaban J connectivity index is 1.43. The smallest absolute Gasteiger partial charge is 0.278 e. The van der Waals surface area contributed by atoms with Crippen molar-refractivity contribution in [3.8, 4) is 16.3 Å². The van der Waals surface area contributed by atoms with Gasteiger partial charge in [-0.05, 0) is 43.5 Å². The van der Waals surface area contributed by atoms with E-state index in [1.54, 1.807) is 16.8 Å². The maximum atomic E-state index is 13.3. The van der Waals surface area contributed by atoms with Crippen LogP contribution in [0.5, 0.6) is 0 Å². The number of halogens is 1. The van der Waals surface area contributed by atoms with Gasteiger partial charge in [-0.2, -0.15) is 5.10 Å². The first-order valence-corrected chi connectivity index (χ1v) is 10.1. The van der Waals surface area contributed by atoms with Crippen LogP contribution in [0.4, 0.5) is 9.52 Å². The molecule has 0 saturated heterocycles. The number of hydrogen-bond donors (Lipinski definition) is 1. The first-order chi connectivity index (χ1) is 14.2. The van der Waals surface area contributed by atoms with Gasteiger partial charge in [0.2, 0.25) is 5.13 Å². The standard InChI is InChI=1S/C21H16FN5OS/c22-14-9-11-15(12-10-14)27-17-8-4-7-16(17)18(26-27)19(28)23-21-25-24-20(29-21)13-5-2-1-3-6-13/h1-3,5-6,9-12H,4,7-8H2,(H,23,25,28). The zero-order valence-electron chi connectivity index (χ0n) is 15.3. The van der Waals surface area contributed by atoms with Crippen LogP contribution in [0.25, 0.3) is 16.3 Å². The molecule has 6 nitrogen and oxygen atoms in total. The SMILES string of the molecule is O=C(Nc1nnc(-c2ccccc2)s1)c1nn(-c2ccc(F)cc2)c2c1CCC2. The van der Waals surface area contributed by atoms with E-state index in [9.17, 15) is 9.18 Å². The summed E-state index contributed by atoms with van der Waals surface area (Å²) in [5, 5.41) is 16.8. The lowest BCUT2D eigenvalue weighted by molar-refractivity contribution is 0.102. The van der Waals surface area contributed by atoms with Gasteiger partial charge in [0.05, 0.1) is 5.69 Å². The summed E-state index contributed by atoms with van der Waals surface area (Å²) in [5.74, 6) is -0.610. The summed E-state index contributed by atoms with van der Waals surface area (Å²) in [6, 6.07) is 15.8. The number of fused-ring (bicyclic) bond motifs is 1. The van der Waals surface area contributed by atoms with Crippen LogP contribution in [0.1, 0.15) is 28.2 Å². The molecule has 1 N–H and O–H groups in total. The zero-order valence-corrected chi connectivity index (χ0v) is 16.1. The monoisotopic (exact) mass is 405 g/mol. The molecule has 8 heteroatoms. The van der Waals surface area contributed by atoms with E-state index in [4.69, 9.17) is 0 Å². The molecule has 144 valence electrons. The molecule has 0 unspecified atom stereocenters. The van der Waals surface area contributed by atoms with Gasteiger partial charge < -0.3 is 0 Å². The van der Waals surface area contributed by atoms with E-state index in [0.29, 0.717) is 10.8 Å². The van der Waals surface area contributed by atoms with Crippen molar-refractivity contribution in [1.29, 1.82) is 0 Å². The minimum atomic E-state index is -0.306. The van der Waals surface area contributed by atoms with Crippen molar-refractivity contribution in [1.82, 2.24) is 20.0 Å². The molecular weight excluding hydrogens is 389 g/mol. The fraction of sp³-hybridized carbons (Fsp3) is 0.143. The largest absolute Gasteiger partial charge is 0.295 e. The Bertz CT molecular complexity index is 1180. The third-order valence-corrected chi connectivity index (χ3v) is 5.77. The van der Waals surface area contributed by atoms with Crippen LogP contribution in [0.2, 0.25) is 0 Å². The van der Waals surface area contributed by atoms with Crippen LogP contribution in [0.3, 0.4) is 0 Å². The molecule has 0 saturated carbocycles. The van der Waals surface area contributed by atoms with E-state index in [1.807, 2.05) is 30.3 Å². The van der Waals surface area contributed by atoms with E-state index in [2.05, 4.69) is 20.6 Å². The number of carbonyl (C=O) groups excluding carboxylic acids is 1. The summed E-state index contributed by atoms with van der Waals surface area (Å²) < 4.78 is 15.0. The zero-order chi connectivity index (χ0) is 19.8. The van der Waals surface area contributed by atoms with Crippen LogP contribution in [0, 0.1) is 5.82 Å². The van der Waals surface area contributed by atoms with Gasteiger partial charge in [-0.3, -0.25) is 10.1 Å².